The Balaban J connectivity index is 1.83. The van der Waals surface area contributed by atoms with E-state index in [0.717, 1.165) is 6.07 Å². The third-order valence-corrected chi connectivity index (χ3v) is 4.28. The number of rotatable bonds is 4. The number of carbonyl (C=O) groups excluding carboxylic acids is 1. The average Bonchev–Trinajstić information content (AvgIpc) is 2.93. The van der Waals surface area contributed by atoms with E-state index in [-0.39, 0.29) is 22.3 Å². The largest absolute Gasteiger partial charge is 0.345 e. The highest BCUT2D eigenvalue weighted by molar-refractivity contribution is 6.69. The number of aliphatic imine (C=N–C) groups is 1. The van der Waals surface area contributed by atoms with Crippen LogP contribution in [0.25, 0.3) is 0 Å². The summed E-state index contributed by atoms with van der Waals surface area (Å²) >= 11 is 5.96. The highest BCUT2D eigenvalue weighted by Crippen LogP contribution is 2.28. The van der Waals surface area contributed by atoms with Gasteiger partial charge in [0.15, 0.2) is 11.0 Å². The van der Waals surface area contributed by atoms with Crippen LogP contribution in [0.1, 0.15) is 37.4 Å². The first kappa shape index (κ1) is 18.4. The Kier molecular flexibility index (Phi) is 5.04. The Labute approximate surface area is 153 Å². The van der Waals surface area contributed by atoms with Crippen molar-refractivity contribution in [2.45, 2.75) is 32.4 Å². The summed E-state index contributed by atoms with van der Waals surface area (Å²) in [4.78, 5) is 17.0. The maximum atomic E-state index is 14.3. The number of halogens is 4. The minimum absolute atomic E-state index is 0.0223. The van der Waals surface area contributed by atoms with Gasteiger partial charge in [-0.25, -0.2) is 18.2 Å². The van der Waals surface area contributed by atoms with Crippen molar-refractivity contribution in [2.75, 3.05) is 6.54 Å². The molecule has 0 spiro atoms. The molecule has 0 aliphatic carbocycles. The molecule has 0 fully saturated rings. The van der Waals surface area contributed by atoms with E-state index in [4.69, 9.17) is 11.6 Å². The molecule has 1 amide bonds. The lowest BCUT2D eigenvalue weighted by Crippen LogP contribution is -2.37. The fourth-order valence-corrected chi connectivity index (χ4v) is 3.07. The number of hydrazone groups is 1. The summed E-state index contributed by atoms with van der Waals surface area (Å²) < 4.78 is 40.0. The van der Waals surface area contributed by atoms with Crippen molar-refractivity contribution in [3.63, 3.8) is 0 Å². The van der Waals surface area contributed by atoms with Crippen molar-refractivity contribution < 1.29 is 18.0 Å². The lowest BCUT2D eigenvalue weighted by Gasteiger charge is -2.22. The Morgan fingerprint density at radius 1 is 1.38 bits per heavy atom. The van der Waals surface area contributed by atoms with E-state index in [0.29, 0.717) is 12.4 Å². The Morgan fingerprint density at radius 2 is 2.08 bits per heavy atom. The SMILES string of the molecule is C[C@@H]1CN2N=C(Cl)C=C(C(=O)N[C@H](C)c3cccc(C(F)F)c3F)C2=N1. The van der Waals surface area contributed by atoms with Crippen LogP contribution >= 0.6 is 11.6 Å². The van der Waals surface area contributed by atoms with Crippen molar-refractivity contribution in [3.05, 3.63) is 46.8 Å². The van der Waals surface area contributed by atoms with Crippen LogP contribution in [0.5, 0.6) is 0 Å². The highest BCUT2D eigenvalue weighted by Gasteiger charge is 2.32. The van der Waals surface area contributed by atoms with Crippen molar-refractivity contribution >= 4 is 28.5 Å². The number of alkyl halides is 2. The number of benzene rings is 1. The van der Waals surface area contributed by atoms with E-state index in [1.54, 1.807) is 0 Å². The van der Waals surface area contributed by atoms with Crippen LogP contribution in [-0.4, -0.2) is 34.5 Å². The van der Waals surface area contributed by atoms with Crippen molar-refractivity contribution in [1.29, 1.82) is 0 Å². The minimum atomic E-state index is -2.93. The molecule has 0 saturated heterocycles. The lowest BCUT2D eigenvalue weighted by atomic mass is 10.0. The molecule has 138 valence electrons. The molecule has 1 aromatic carbocycles. The van der Waals surface area contributed by atoms with E-state index in [1.165, 1.54) is 30.1 Å². The smallest absolute Gasteiger partial charge is 0.266 e. The van der Waals surface area contributed by atoms with E-state index in [1.807, 2.05) is 6.92 Å². The second kappa shape index (κ2) is 7.11. The van der Waals surface area contributed by atoms with Crippen LogP contribution in [0.3, 0.4) is 0 Å². The Hall–Kier alpha value is -2.35. The number of hydrogen-bond donors (Lipinski definition) is 1. The topological polar surface area (TPSA) is 57.1 Å². The average molecular weight is 385 g/mol. The summed E-state index contributed by atoms with van der Waals surface area (Å²) in [7, 11) is 0. The quantitative estimate of drug-likeness (QED) is 0.863. The van der Waals surface area contributed by atoms with Crippen molar-refractivity contribution in [2.24, 2.45) is 10.1 Å². The minimum Gasteiger partial charge on any atom is -0.345 e. The van der Waals surface area contributed by atoms with Gasteiger partial charge in [0, 0.05) is 5.56 Å². The van der Waals surface area contributed by atoms with E-state index in [2.05, 4.69) is 15.4 Å². The van der Waals surface area contributed by atoms with E-state index in [9.17, 15) is 18.0 Å². The first-order valence-electron chi connectivity index (χ1n) is 7.96. The second-order valence-electron chi connectivity index (χ2n) is 6.11. The molecule has 26 heavy (non-hydrogen) atoms. The van der Waals surface area contributed by atoms with E-state index < -0.39 is 29.8 Å². The van der Waals surface area contributed by atoms with Gasteiger partial charge in [-0.1, -0.05) is 29.8 Å². The molecular weight excluding hydrogens is 369 g/mol. The van der Waals surface area contributed by atoms with Crippen LogP contribution < -0.4 is 5.32 Å². The van der Waals surface area contributed by atoms with Gasteiger partial charge in [0.1, 0.15) is 5.82 Å². The summed E-state index contributed by atoms with van der Waals surface area (Å²) in [6.45, 7) is 3.89. The summed E-state index contributed by atoms with van der Waals surface area (Å²) in [6, 6.07) is 2.83. The molecule has 5 nitrogen and oxygen atoms in total. The zero-order valence-corrected chi connectivity index (χ0v) is 14.8. The molecule has 0 saturated carbocycles. The first-order valence-corrected chi connectivity index (χ1v) is 8.34. The van der Waals surface area contributed by atoms with Crippen LogP contribution in [-0.2, 0) is 4.79 Å². The monoisotopic (exact) mass is 384 g/mol. The molecular formula is C17H16ClF3N4O. The maximum Gasteiger partial charge on any atom is 0.266 e. The van der Waals surface area contributed by atoms with Crippen LogP contribution in [0.2, 0.25) is 0 Å². The van der Waals surface area contributed by atoms with Crippen molar-refractivity contribution in [1.82, 2.24) is 10.3 Å². The maximum absolute atomic E-state index is 14.3. The molecule has 2 atom stereocenters. The third kappa shape index (κ3) is 3.46. The number of allylic oxidation sites excluding steroid dienone is 1. The molecule has 0 radical (unpaired) electrons. The summed E-state index contributed by atoms with van der Waals surface area (Å²) in [5.41, 5.74) is -0.520. The van der Waals surface area contributed by atoms with Gasteiger partial charge in [-0.2, -0.15) is 5.10 Å². The van der Waals surface area contributed by atoms with Gasteiger partial charge >= 0.3 is 0 Å². The van der Waals surface area contributed by atoms with Gasteiger partial charge in [0.2, 0.25) is 0 Å². The number of carbonyl (C=O) groups is 1. The molecule has 0 aromatic heterocycles. The van der Waals surface area contributed by atoms with Gasteiger partial charge in [-0.15, -0.1) is 0 Å². The first-order chi connectivity index (χ1) is 12.3. The number of amidine groups is 1. The van der Waals surface area contributed by atoms with Crippen LogP contribution in [0.15, 0.2) is 39.9 Å². The fourth-order valence-electron chi connectivity index (χ4n) is 2.87. The predicted octanol–water partition coefficient (Wildman–Crippen LogP) is 3.54. The predicted molar refractivity (Wildman–Crippen MR) is 92.9 cm³/mol. The molecule has 1 N–H and O–H groups in total. The van der Waals surface area contributed by atoms with Gasteiger partial charge in [0.25, 0.3) is 12.3 Å². The number of nitrogens with zero attached hydrogens (tertiary/aromatic N) is 3. The zero-order chi connectivity index (χ0) is 19.0. The summed E-state index contributed by atoms with van der Waals surface area (Å²) in [5, 5.41) is 8.36. The van der Waals surface area contributed by atoms with Gasteiger partial charge in [0.05, 0.1) is 29.8 Å². The lowest BCUT2D eigenvalue weighted by molar-refractivity contribution is -0.117. The third-order valence-electron chi connectivity index (χ3n) is 4.10. The molecule has 2 heterocycles. The fraction of sp³-hybridized carbons (Fsp3) is 0.353. The van der Waals surface area contributed by atoms with Crippen LogP contribution in [0, 0.1) is 5.82 Å². The van der Waals surface area contributed by atoms with Crippen molar-refractivity contribution in [3.8, 4) is 0 Å². The van der Waals surface area contributed by atoms with Crippen LogP contribution in [0.4, 0.5) is 13.2 Å². The van der Waals surface area contributed by atoms with Gasteiger partial charge < -0.3 is 5.32 Å². The molecule has 1 aromatic rings. The number of hydrogen-bond acceptors (Lipinski definition) is 4. The summed E-state index contributed by atoms with van der Waals surface area (Å²) in [5.74, 6) is -1.18. The molecule has 0 bridgehead atoms. The summed E-state index contributed by atoms with van der Waals surface area (Å²) in [6.07, 6.45) is -1.56. The molecule has 2 aliphatic rings. The number of nitrogens with one attached hydrogen (secondary N) is 1. The molecule has 0 unspecified atom stereocenters. The Bertz CT molecular complexity index is 837. The zero-order valence-electron chi connectivity index (χ0n) is 14.0. The second-order valence-corrected chi connectivity index (χ2v) is 6.50. The molecule has 2 aliphatic heterocycles. The number of amides is 1. The number of fused-ring (bicyclic) bond motifs is 1. The standard InChI is InChI=1S/C17H16ClF3N4O/c1-8-7-25-16(22-8)12(6-13(18)24-25)17(26)23-9(2)10-4-3-5-11(14(10)19)15(20)21/h3-6,8-9,15H,7H2,1-2H3,(H,23,26)/t8-,9-/m1/s1. The van der Waals surface area contributed by atoms with Gasteiger partial charge in [-0.05, 0) is 19.9 Å². The Morgan fingerprint density at radius 3 is 2.77 bits per heavy atom. The van der Waals surface area contributed by atoms with E-state index >= 15 is 0 Å². The normalized spacial score (nSPS) is 20.3. The van der Waals surface area contributed by atoms with Gasteiger partial charge in [-0.3, -0.25) is 9.79 Å². The highest BCUT2D eigenvalue weighted by atomic mass is 35.5. The molecule has 9 heteroatoms. The molecule has 3 rings (SSSR count).